The van der Waals surface area contributed by atoms with E-state index in [0.29, 0.717) is 17.7 Å². The van der Waals surface area contributed by atoms with Gasteiger partial charge in [0.25, 0.3) is 5.56 Å². The van der Waals surface area contributed by atoms with Crippen LogP contribution in [-0.4, -0.2) is 26.6 Å². The molecule has 0 fully saturated rings. The number of benzene rings is 2. The molecule has 31 heavy (non-hydrogen) atoms. The third-order valence-corrected chi connectivity index (χ3v) is 5.60. The van der Waals surface area contributed by atoms with Crippen molar-refractivity contribution in [1.82, 2.24) is 15.0 Å². The molecule has 2 aromatic heterocycles. The van der Waals surface area contributed by atoms with Crippen LogP contribution in [0.3, 0.4) is 0 Å². The second-order valence-electron chi connectivity index (χ2n) is 7.53. The average Bonchev–Trinajstić information content (AvgIpc) is 3.25. The van der Waals surface area contributed by atoms with E-state index in [4.69, 9.17) is 0 Å². The van der Waals surface area contributed by atoms with Crippen molar-refractivity contribution >= 4 is 22.5 Å². The first-order valence-electron chi connectivity index (χ1n) is 10.1. The number of hydrazone groups is 1. The highest BCUT2D eigenvalue weighted by Crippen LogP contribution is 2.36. The lowest BCUT2D eigenvalue weighted by Crippen LogP contribution is -2.24. The van der Waals surface area contributed by atoms with Crippen LogP contribution in [0.1, 0.15) is 30.5 Å². The van der Waals surface area contributed by atoms with Gasteiger partial charge in [-0.3, -0.25) is 14.6 Å². The molecule has 0 spiro atoms. The molecule has 0 saturated carbocycles. The largest absolute Gasteiger partial charge is 0.321 e. The summed E-state index contributed by atoms with van der Waals surface area (Å²) in [7, 11) is 0. The number of rotatable bonds is 3. The van der Waals surface area contributed by atoms with Crippen LogP contribution < -0.4 is 5.56 Å². The van der Waals surface area contributed by atoms with E-state index in [1.165, 1.54) is 11.9 Å². The Bertz CT molecular complexity index is 1360. The molecule has 0 unspecified atom stereocenters. The number of pyridine rings is 2. The van der Waals surface area contributed by atoms with Crippen molar-refractivity contribution in [1.29, 1.82) is 0 Å². The summed E-state index contributed by atoms with van der Waals surface area (Å²) in [5.41, 5.74) is 4.36. The van der Waals surface area contributed by atoms with Gasteiger partial charge in [-0.1, -0.05) is 48.5 Å². The zero-order valence-electron chi connectivity index (χ0n) is 16.9. The molecule has 6 heteroatoms. The smallest absolute Gasteiger partial charge is 0.258 e. The van der Waals surface area contributed by atoms with Crippen molar-refractivity contribution in [2.45, 2.75) is 19.4 Å². The summed E-state index contributed by atoms with van der Waals surface area (Å²) in [4.78, 5) is 32.7. The quantitative estimate of drug-likeness (QED) is 0.549. The lowest BCUT2D eigenvalue weighted by Gasteiger charge is -2.20. The standard InChI is InChI=1S/C25H20N4O2/c1-16(30)29-22(17-11-13-26-14-12-17)15-21(28-29)24-23(18-7-3-2-4-8-18)19-9-5-6-10-20(19)27-25(24)31/h2-14,22H,15H2,1H3,(H,27,31)/t22-/m0/s1. The fourth-order valence-corrected chi connectivity index (χ4v) is 4.22. The third-order valence-electron chi connectivity index (χ3n) is 5.60. The second kappa shape index (κ2) is 7.65. The first-order chi connectivity index (χ1) is 15.1. The van der Waals surface area contributed by atoms with Gasteiger partial charge in [0.2, 0.25) is 5.91 Å². The van der Waals surface area contributed by atoms with Gasteiger partial charge in [-0.2, -0.15) is 5.10 Å². The first-order valence-corrected chi connectivity index (χ1v) is 10.1. The number of H-pyrrole nitrogens is 1. The van der Waals surface area contributed by atoms with Crippen LogP contribution in [0.4, 0.5) is 0 Å². The Morgan fingerprint density at radius 1 is 0.968 bits per heavy atom. The van der Waals surface area contributed by atoms with Gasteiger partial charge in [0.15, 0.2) is 0 Å². The Morgan fingerprint density at radius 3 is 2.42 bits per heavy atom. The molecule has 0 bridgehead atoms. The summed E-state index contributed by atoms with van der Waals surface area (Å²) in [5.74, 6) is -0.171. The van der Waals surface area contributed by atoms with Crippen LogP contribution in [0, 0.1) is 0 Å². The summed E-state index contributed by atoms with van der Waals surface area (Å²) in [6, 6.07) is 21.1. The van der Waals surface area contributed by atoms with Crippen molar-refractivity contribution < 1.29 is 4.79 Å². The van der Waals surface area contributed by atoms with Crippen molar-refractivity contribution in [3.05, 3.63) is 101 Å². The van der Waals surface area contributed by atoms with E-state index in [1.54, 1.807) is 12.4 Å². The maximum atomic E-state index is 13.3. The SMILES string of the molecule is CC(=O)N1N=C(c2c(-c3ccccc3)c3ccccc3[nH]c2=O)C[C@H]1c1ccncc1. The number of nitrogens with zero attached hydrogens (tertiary/aromatic N) is 3. The molecule has 152 valence electrons. The number of aromatic amines is 1. The molecule has 6 nitrogen and oxygen atoms in total. The molecule has 4 aromatic rings. The van der Waals surface area contributed by atoms with Gasteiger partial charge < -0.3 is 4.98 Å². The Hall–Kier alpha value is -4.06. The molecule has 0 radical (unpaired) electrons. The Balaban J connectivity index is 1.74. The highest BCUT2D eigenvalue weighted by atomic mass is 16.2. The summed E-state index contributed by atoms with van der Waals surface area (Å²) < 4.78 is 0. The monoisotopic (exact) mass is 408 g/mol. The molecule has 1 aliphatic rings. The summed E-state index contributed by atoms with van der Waals surface area (Å²) in [6.07, 6.45) is 3.85. The van der Waals surface area contributed by atoms with E-state index >= 15 is 0 Å². The van der Waals surface area contributed by atoms with Gasteiger partial charge in [-0.25, -0.2) is 5.01 Å². The summed E-state index contributed by atoms with van der Waals surface area (Å²) in [6.45, 7) is 1.49. The van der Waals surface area contributed by atoms with Gasteiger partial charge in [0.05, 0.1) is 17.3 Å². The predicted octanol–water partition coefficient (Wildman–Crippen LogP) is 4.29. The van der Waals surface area contributed by atoms with E-state index in [2.05, 4.69) is 15.1 Å². The molecule has 1 N–H and O–H groups in total. The minimum absolute atomic E-state index is 0.171. The third kappa shape index (κ3) is 3.32. The number of carbonyl (C=O) groups excluding carboxylic acids is 1. The summed E-state index contributed by atoms with van der Waals surface area (Å²) >= 11 is 0. The number of hydrogen-bond acceptors (Lipinski definition) is 4. The van der Waals surface area contributed by atoms with E-state index in [0.717, 1.165) is 27.6 Å². The molecule has 1 amide bonds. The van der Waals surface area contributed by atoms with Crippen molar-refractivity contribution in [3.63, 3.8) is 0 Å². The first kappa shape index (κ1) is 18.9. The topological polar surface area (TPSA) is 78.4 Å². The van der Waals surface area contributed by atoms with Gasteiger partial charge in [-0.05, 0) is 29.3 Å². The molecule has 0 saturated heterocycles. The molecule has 2 aromatic carbocycles. The Morgan fingerprint density at radius 2 is 1.68 bits per heavy atom. The minimum Gasteiger partial charge on any atom is -0.321 e. The van der Waals surface area contributed by atoms with Crippen LogP contribution in [0.5, 0.6) is 0 Å². The molecule has 5 rings (SSSR count). The van der Waals surface area contributed by atoms with E-state index < -0.39 is 0 Å². The van der Waals surface area contributed by atoms with Crippen LogP contribution in [0.2, 0.25) is 0 Å². The van der Waals surface area contributed by atoms with Crippen LogP contribution >= 0.6 is 0 Å². The highest BCUT2D eigenvalue weighted by Gasteiger charge is 2.34. The van der Waals surface area contributed by atoms with Crippen molar-refractivity contribution in [2.24, 2.45) is 5.10 Å². The number of nitrogens with one attached hydrogen (secondary N) is 1. The number of amides is 1. The lowest BCUT2D eigenvalue weighted by molar-refractivity contribution is -0.130. The van der Waals surface area contributed by atoms with Gasteiger partial charge in [0, 0.05) is 42.2 Å². The molecule has 1 aliphatic heterocycles. The number of fused-ring (bicyclic) bond motifs is 1. The molecule has 0 aliphatic carbocycles. The summed E-state index contributed by atoms with van der Waals surface area (Å²) in [5, 5.41) is 7.03. The highest BCUT2D eigenvalue weighted by molar-refractivity contribution is 6.12. The van der Waals surface area contributed by atoms with Crippen LogP contribution in [-0.2, 0) is 4.79 Å². The fraction of sp³-hybridized carbons (Fsp3) is 0.120. The predicted molar refractivity (Wildman–Crippen MR) is 121 cm³/mol. The Kier molecular flexibility index (Phi) is 4.67. The van der Waals surface area contributed by atoms with E-state index in [9.17, 15) is 9.59 Å². The number of para-hydroxylation sites is 1. The van der Waals surface area contributed by atoms with Crippen molar-refractivity contribution in [2.75, 3.05) is 0 Å². The van der Waals surface area contributed by atoms with E-state index in [1.807, 2.05) is 66.7 Å². The average molecular weight is 408 g/mol. The molecule has 1 atom stereocenters. The minimum atomic E-state index is -0.273. The van der Waals surface area contributed by atoms with E-state index in [-0.39, 0.29) is 17.5 Å². The number of hydrogen-bond donors (Lipinski definition) is 1. The maximum absolute atomic E-state index is 13.3. The van der Waals surface area contributed by atoms with Crippen molar-refractivity contribution in [3.8, 4) is 11.1 Å². The normalized spacial score (nSPS) is 15.8. The number of aromatic nitrogens is 2. The molecular formula is C25H20N4O2. The second-order valence-corrected chi connectivity index (χ2v) is 7.53. The van der Waals surface area contributed by atoms with Crippen LogP contribution in [0.25, 0.3) is 22.0 Å². The van der Waals surface area contributed by atoms with Gasteiger partial charge in [-0.15, -0.1) is 0 Å². The van der Waals surface area contributed by atoms with Gasteiger partial charge in [0.1, 0.15) is 0 Å². The molecule has 3 heterocycles. The zero-order chi connectivity index (χ0) is 21.4. The fourth-order valence-electron chi connectivity index (χ4n) is 4.22. The van der Waals surface area contributed by atoms with Crippen LogP contribution in [0.15, 0.2) is 89.0 Å². The maximum Gasteiger partial charge on any atom is 0.258 e. The molecular weight excluding hydrogens is 388 g/mol. The Labute approximate surface area is 178 Å². The lowest BCUT2D eigenvalue weighted by atomic mass is 9.91. The van der Waals surface area contributed by atoms with Gasteiger partial charge >= 0.3 is 0 Å². The number of carbonyl (C=O) groups is 1. The zero-order valence-corrected chi connectivity index (χ0v) is 16.9.